The van der Waals surface area contributed by atoms with Crippen molar-refractivity contribution in [2.75, 3.05) is 19.6 Å². The third kappa shape index (κ3) is 6.16. The quantitative estimate of drug-likeness (QED) is 0.398. The van der Waals surface area contributed by atoms with Crippen molar-refractivity contribution in [1.29, 1.82) is 0 Å². The molecule has 1 unspecified atom stereocenters. The Morgan fingerprint density at radius 1 is 1.09 bits per heavy atom. The second kappa shape index (κ2) is 11.2. The number of nitrogens with one attached hydrogen (secondary N) is 1. The van der Waals surface area contributed by atoms with Crippen molar-refractivity contribution in [3.05, 3.63) is 82.1 Å². The van der Waals surface area contributed by atoms with Crippen LogP contribution in [0.3, 0.4) is 0 Å². The fourth-order valence-corrected chi connectivity index (χ4v) is 6.28. The van der Waals surface area contributed by atoms with Crippen molar-refractivity contribution in [2.24, 2.45) is 0 Å². The first kappa shape index (κ1) is 25.1. The lowest BCUT2D eigenvalue weighted by molar-refractivity contribution is 0.201. The first-order valence-corrected chi connectivity index (χ1v) is 14.2. The van der Waals surface area contributed by atoms with Gasteiger partial charge in [-0.25, -0.2) is 13.1 Å². The Balaban J connectivity index is 1.40. The van der Waals surface area contributed by atoms with Gasteiger partial charge in [0.15, 0.2) is 0 Å². The number of hydrogen-bond donors (Lipinski definition) is 1. The maximum Gasteiger partial charge on any atom is 0.241 e. The van der Waals surface area contributed by atoms with E-state index in [1.807, 2.05) is 30.3 Å². The molecule has 4 rings (SSSR count). The number of benzene rings is 2. The molecular formula is C26H33BrN4O2S. The fraction of sp³-hybridized carbons (Fsp3) is 0.423. The minimum absolute atomic E-state index is 0.278. The molecule has 0 radical (unpaired) electrons. The van der Waals surface area contributed by atoms with Gasteiger partial charge in [0.25, 0.3) is 0 Å². The zero-order valence-corrected chi connectivity index (χ0v) is 22.2. The highest BCUT2D eigenvalue weighted by Crippen LogP contribution is 2.29. The lowest BCUT2D eigenvalue weighted by Crippen LogP contribution is -2.37. The number of aromatic nitrogens is 2. The van der Waals surface area contributed by atoms with Crippen molar-refractivity contribution in [3.63, 3.8) is 0 Å². The third-order valence-corrected chi connectivity index (χ3v) is 8.61. The van der Waals surface area contributed by atoms with Crippen LogP contribution in [0.15, 0.2) is 70.0 Å². The monoisotopic (exact) mass is 544 g/mol. The number of rotatable bonds is 9. The van der Waals surface area contributed by atoms with Crippen molar-refractivity contribution in [2.45, 2.75) is 56.5 Å². The summed E-state index contributed by atoms with van der Waals surface area (Å²) in [5, 5.41) is 4.62. The molecule has 0 spiro atoms. The highest BCUT2D eigenvalue weighted by molar-refractivity contribution is 9.10. The number of piperidine rings is 1. The summed E-state index contributed by atoms with van der Waals surface area (Å²) in [5.74, 6) is 0.540. The molecule has 0 bridgehead atoms. The minimum Gasteiger partial charge on any atom is -0.303 e. The number of nitrogens with zero attached hydrogens (tertiary/aromatic N) is 3. The van der Waals surface area contributed by atoms with Gasteiger partial charge >= 0.3 is 0 Å². The number of likely N-dealkylation sites (tertiary alicyclic amines) is 1. The van der Waals surface area contributed by atoms with E-state index in [0.29, 0.717) is 5.92 Å². The van der Waals surface area contributed by atoms with Crippen LogP contribution in [-0.4, -0.2) is 42.7 Å². The highest BCUT2D eigenvalue weighted by Gasteiger charge is 2.26. The van der Waals surface area contributed by atoms with E-state index in [9.17, 15) is 8.42 Å². The van der Waals surface area contributed by atoms with Crippen LogP contribution in [0.25, 0.3) is 0 Å². The molecule has 0 aliphatic carbocycles. The summed E-state index contributed by atoms with van der Waals surface area (Å²) in [5.41, 5.74) is 3.42. The van der Waals surface area contributed by atoms with Crippen LogP contribution in [0.5, 0.6) is 0 Å². The average Bonchev–Trinajstić information content (AvgIpc) is 3.23. The molecule has 2 aromatic carbocycles. The second-order valence-corrected chi connectivity index (χ2v) is 11.6. The number of aryl methyl sites for hydroxylation is 2. The van der Waals surface area contributed by atoms with Crippen LogP contribution in [0.4, 0.5) is 0 Å². The molecule has 1 aromatic heterocycles. The number of sulfonamides is 1. The summed E-state index contributed by atoms with van der Waals surface area (Å²) >= 11 is 3.37. The molecule has 1 aliphatic heterocycles. The Morgan fingerprint density at radius 2 is 1.76 bits per heavy atom. The van der Waals surface area contributed by atoms with Crippen LogP contribution in [0.2, 0.25) is 0 Å². The van der Waals surface area contributed by atoms with Gasteiger partial charge in [0.2, 0.25) is 10.0 Å². The Morgan fingerprint density at radius 3 is 2.41 bits per heavy atom. The predicted molar refractivity (Wildman–Crippen MR) is 139 cm³/mol. The zero-order chi connectivity index (χ0) is 24.1. The van der Waals surface area contributed by atoms with Gasteiger partial charge in [0, 0.05) is 28.7 Å². The van der Waals surface area contributed by atoms with Gasteiger partial charge in [0.1, 0.15) is 0 Å². The van der Waals surface area contributed by atoms with Gasteiger partial charge in [-0.2, -0.15) is 5.10 Å². The second-order valence-electron chi connectivity index (χ2n) is 8.97. The number of halogens is 1. The van der Waals surface area contributed by atoms with E-state index in [2.05, 4.69) is 55.2 Å². The topological polar surface area (TPSA) is 67.2 Å². The lowest BCUT2D eigenvalue weighted by atomic mass is 9.92. The van der Waals surface area contributed by atoms with E-state index in [-0.39, 0.29) is 10.9 Å². The van der Waals surface area contributed by atoms with Gasteiger partial charge in [-0.15, -0.1) is 0 Å². The molecular weight excluding hydrogens is 512 g/mol. The van der Waals surface area contributed by atoms with Crippen LogP contribution >= 0.6 is 15.9 Å². The SMILES string of the molecule is CCn1nc(C)cc1C1CCN(CCC(NS(=O)(=O)c2ccc(Br)cc2)c2ccccc2)CC1. The van der Waals surface area contributed by atoms with Crippen LogP contribution < -0.4 is 4.72 Å². The summed E-state index contributed by atoms with van der Waals surface area (Å²) in [7, 11) is -3.63. The molecule has 182 valence electrons. The van der Waals surface area contributed by atoms with E-state index in [4.69, 9.17) is 0 Å². The molecule has 6 nitrogen and oxygen atoms in total. The predicted octanol–water partition coefficient (Wildman–Crippen LogP) is 5.26. The van der Waals surface area contributed by atoms with Crippen molar-refractivity contribution in [3.8, 4) is 0 Å². The lowest BCUT2D eigenvalue weighted by Gasteiger charge is -2.33. The zero-order valence-electron chi connectivity index (χ0n) is 19.8. The van der Waals surface area contributed by atoms with E-state index in [0.717, 1.165) is 61.2 Å². The molecule has 34 heavy (non-hydrogen) atoms. The third-order valence-electron chi connectivity index (χ3n) is 6.60. The standard InChI is InChI=1S/C26H33BrN4O2S/c1-3-31-26(19-20(2)28-31)22-13-16-30(17-14-22)18-15-25(21-7-5-4-6-8-21)29-34(32,33)24-11-9-23(27)10-12-24/h4-12,19,22,25,29H,3,13-18H2,1-2H3. The molecule has 1 atom stereocenters. The molecule has 1 fully saturated rings. The molecule has 1 saturated heterocycles. The molecule has 1 N–H and O–H groups in total. The largest absolute Gasteiger partial charge is 0.303 e. The summed E-state index contributed by atoms with van der Waals surface area (Å²) in [6.45, 7) is 7.98. The number of hydrogen-bond acceptors (Lipinski definition) is 4. The average molecular weight is 546 g/mol. The Hall–Kier alpha value is -2.00. The van der Waals surface area contributed by atoms with Gasteiger partial charge in [-0.1, -0.05) is 46.3 Å². The van der Waals surface area contributed by atoms with Gasteiger partial charge in [-0.3, -0.25) is 4.68 Å². The maximum absolute atomic E-state index is 13.1. The first-order chi connectivity index (χ1) is 16.4. The summed E-state index contributed by atoms with van der Waals surface area (Å²) in [6, 6.07) is 18.6. The van der Waals surface area contributed by atoms with Gasteiger partial charge < -0.3 is 4.90 Å². The van der Waals surface area contributed by atoms with Gasteiger partial charge in [0.05, 0.1) is 10.6 Å². The molecule has 0 saturated carbocycles. The first-order valence-electron chi connectivity index (χ1n) is 11.9. The normalized spacial score (nSPS) is 16.6. The highest BCUT2D eigenvalue weighted by atomic mass is 79.9. The smallest absolute Gasteiger partial charge is 0.241 e. The van der Waals surface area contributed by atoms with Crippen molar-refractivity contribution in [1.82, 2.24) is 19.4 Å². The van der Waals surface area contributed by atoms with E-state index < -0.39 is 10.0 Å². The Bertz CT molecular complexity index is 1170. The van der Waals surface area contributed by atoms with Crippen LogP contribution in [0, 0.1) is 6.92 Å². The van der Waals surface area contributed by atoms with E-state index >= 15 is 0 Å². The van der Waals surface area contributed by atoms with E-state index in [1.165, 1.54) is 5.69 Å². The Labute approximate surface area is 211 Å². The molecule has 8 heteroatoms. The van der Waals surface area contributed by atoms with Crippen LogP contribution in [0.1, 0.15) is 55.1 Å². The van der Waals surface area contributed by atoms with E-state index in [1.54, 1.807) is 24.3 Å². The minimum atomic E-state index is -3.63. The van der Waals surface area contributed by atoms with Crippen molar-refractivity contribution < 1.29 is 8.42 Å². The molecule has 2 heterocycles. The molecule has 1 aliphatic rings. The Kier molecular flexibility index (Phi) is 8.24. The molecule has 0 amide bonds. The molecule has 3 aromatic rings. The van der Waals surface area contributed by atoms with Crippen LogP contribution in [-0.2, 0) is 16.6 Å². The fourth-order valence-electron chi connectivity index (χ4n) is 4.76. The van der Waals surface area contributed by atoms with Crippen molar-refractivity contribution >= 4 is 26.0 Å². The maximum atomic E-state index is 13.1. The van der Waals surface area contributed by atoms with Gasteiger partial charge in [-0.05, 0) is 88.6 Å². The summed E-state index contributed by atoms with van der Waals surface area (Å²) < 4.78 is 32.1. The summed E-state index contributed by atoms with van der Waals surface area (Å²) in [6.07, 6.45) is 2.92. The summed E-state index contributed by atoms with van der Waals surface area (Å²) in [4.78, 5) is 2.74.